The van der Waals surface area contributed by atoms with E-state index in [-0.39, 0.29) is 0 Å². The summed E-state index contributed by atoms with van der Waals surface area (Å²) in [6, 6.07) is 5.26. The van der Waals surface area contributed by atoms with E-state index < -0.39 is 12.2 Å². The van der Waals surface area contributed by atoms with E-state index in [2.05, 4.69) is 0 Å². The average Bonchev–Trinajstić information content (AvgIpc) is 2.27. The highest BCUT2D eigenvalue weighted by Crippen LogP contribution is 2.27. The van der Waals surface area contributed by atoms with E-state index in [0.717, 1.165) is 5.56 Å². The topological polar surface area (TPSA) is 70.8 Å². The minimum absolute atomic E-state index is 0.443. The number of carbonyl (C=O) groups excluding carboxylic acids is 1. The third-order valence-corrected chi connectivity index (χ3v) is 2.14. The summed E-state index contributed by atoms with van der Waals surface area (Å²) in [5, 5.41) is 0. The zero-order chi connectivity index (χ0) is 12.1. The van der Waals surface area contributed by atoms with Crippen LogP contribution in [0.15, 0.2) is 18.2 Å². The van der Waals surface area contributed by atoms with Crippen molar-refractivity contribution in [2.24, 2.45) is 5.73 Å². The molecule has 1 rings (SSSR count). The molecule has 0 aliphatic rings. The molecule has 0 bridgehead atoms. The van der Waals surface area contributed by atoms with Gasteiger partial charge in [0.05, 0.1) is 14.2 Å². The number of hydrogen-bond acceptors (Lipinski definition) is 4. The van der Waals surface area contributed by atoms with E-state index in [1.807, 2.05) is 0 Å². The zero-order valence-corrected chi connectivity index (χ0v) is 9.52. The molecule has 1 aromatic carbocycles. The van der Waals surface area contributed by atoms with Crippen LogP contribution in [0.25, 0.3) is 0 Å². The van der Waals surface area contributed by atoms with Gasteiger partial charge in [0.25, 0.3) is 0 Å². The van der Waals surface area contributed by atoms with Crippen molar-refractivity contribution >= 4 is 6.09 Å². The number of rotatable bonds is 4. The highest BCUT2D eigenvalue weighted by atomic mass is 16.6. The number of primary amides is 1. The first-order valence-electron chi connectivity index (χ1n) is 4.76. The minimum Gasteiger partial charge on any atom is -0.497 e. The number of ether oxygens (including phenoxy) is 3. The number of methoxy groups -OCH3 is 2. The number of carbonyl (C=O) groups is 1. The van der Waals surface area contributed by atoms with Gasteiger partial charge in [-0.1, -0.05) is 0 Å². The Balaban J connectivity index is 2.97. The van der Waals surface area contributed by atoms with E-state index in [1.165, 1.54) is 0 Å². The quantitative estimate of drug-likeness (QED) is 0.849. The van der Waals surface area contributed by atoms with Gasteiger partial charge in [0, 0.05) is 6.07 Å². The Morgan fingerprint density at radius 3 is 2.06 bits per heavy atom. The lowest BCUT2D eigenvalue weighted by Crippen LogP contribution is -2.15. The fourth-order valence-electron chi connectivity index (χ4n) is 1.31. The SMILES string of the molecule is COc1cc(OC)cc(C(C)OC(N)=O)c1. The van der Waals surface area contributed by atoms with Crippen molar-refractivity contribution in [2.75, 3.05) is 14.2 Å². The summed E-state index contributed by atoms with van der Waals surface area (Å²) < 4.78 is 15.1. The molecule has 1 atom stereocenters. The van der Waals surface area contributed by atoms with E-state index in [1.54, 1.807) is 39.3 Å². The first-order valence-corrected chi connectivity index (χ1v) is 4.76. The molecule has 0 saturated heterocycles. The summed E-state index contributed by atoms with van der Waals surface area (Å²) >= 11 is 0. The maximum Gasteiger partial charge on any atom is 0.405 e. The largest absolute Gasteiger partial charge is 0.497 e. The van der Waals surface area contributed by atoms with Gasteiger partial charge in [0.15, 0.2) is 0 Å². The second-order valence-corrected chi connectivity index (χ2v) is 3.23. The molecule has 0 aliphatic heterocycles. The second kappa shape index (κ2) is 5.25. The van der Waals surface area contributed by atoms with Crippen LogP contribution in [-0.2, 0) is 4.74 Å². The van der Waals surface area contributed by atoms with Crippen LogP contribution in [0.2, 0.25) is 0 Å². The molecular weight excluding hydrogens is 210 g/mol. The van der Waals surface area contributed by atoms with Gasteiger partial charge in [-0.2, -0.15) is 0 Å². The van der Waals surface area contributed by atoms with Crippen molar-refractivity contribution in [3.8, 4) is 11.5 Å². The van der Waals surface area contributed by atoms with E-state index in [9.17, 15) is 4.79 Å². The van der Waals surface area contributed by atoms with Crippen molar-refractivity contribution in [1.82, 2.24) is 0 Å². The lowest BCUT2D eigenvalue weighted by atomic mass is 10.1. The summed E-state index contributed by atoms with van der Waals surface area (Å²) in [5.74, 6) is 1.27. The Labute approximate surface area is 94.1 Å². The number of amides is 1. The molecule has 5 nitrogen and oxygen atoms in total. The average molecular weight is 225 g/mol. The molecule has 1 aromatic rings. The van der Waals surface area contributed by atoms with Crippen LogP contribution in [-0.4, -0.2) is 20.3 Å². The van der Waals surface area contributed by atoms with Crippen LogP contribution in [0.1, 0.15) is 18.6 Å². The molecule has 16 heavy (non-hydrogen) atoms. The van der Waals surface area contributed by atoms with Crippen LogP contribution in [0.4, 0.5) is 4.79 Å². The normalized spacial score (nSPS) is 11.7. The van der Waals surface area contributed by atoms with E-state index >= 15 is 0 Å². The van der Waals surface area contributed by atoms with Crippen molar-refractivity contribution < 1.29 is 19.0 Å². The Kier molecular flexibility index (Phi) is 3.99. The smallest absolute Gasteiger partial charge is 0.405 e. The van der Waals surface area contributed by atoms with Crippen molar-refractivity contribution in [1.29, 1.82) is 0 Å². The molecule has 0 saturated carbocycles. The summed E-state index contributed by atoms with van der Waals surface area (Å²) in [6.07, 6.45) is -1.25. The van der Waals surface area contributed by atoms with Gasteiger partial charge in [0.1, 0.15) is 17.6 Å². The number of hydrogen-bond donors (Lipinski definition) is 1. The summed E-state index contributed by atoms with van der Waals surface area (Å²) in [4.78, 5) is 10.6. The van der Waals surface area contributed by atoms with Gasteiger partial charge < -0.3 is 19.9 Å². The Morgan fingerprint density at radius 1 is 1.19 bits per heavy atom. The fourth-order valence-corrected chi connectivity index (χ4v) is 1.31. The molecule has 0 aliphatic carbocycles. The standard InChI is InChI=1S/C11H15NO4/c1-7(16-11(12)13)8-4-9(14-2)6-10(5-8)15-3/h4-7H,1-3H3,(H2,12,13). The Hall–Kier alpha value is -1.91. The van der Waals surface area contributed by atoms with Gasteiger partial charge in [-0.15, -0.1) is 0 Å². The van der Waals surface area contributed by atoms with Crippen LogP contribution in [0, 0.1) is 0 Å². The third kappa shape index (κ3) is 3.05. The monoisotopic (exact) mass is 225 g/mol. The third-order valence-electron chi connectivity index (χ3n) is 2.14. The van der Waals surface area contributed by atoms with E-state index in [4.69, 9.17) is 19.9 Å². The van der Waals surface area contributed by atoms with Crippen molar-refractivity contribution in [3.05, 3.63) is 23.8 Å². The zero-order valence-electron chi connectivity index (χ0n) is 9.52. The van der Waals surface area contributed by atoms with Crippen LogP contribution in [0.5, 0.6) is 11.5 Å². The predicted molar refractivity (Wildman–Crippen MR) is 58.6 cm³/mol. The number of nitrogens with two attached hydrogens (primary N) is 1. The first-order chi connectivity index (χ1) is 7.56. The van der Waals surface area contributed by atoms with Gasteiger partial charge in [-0.3, -0.25) is 0 Å². The molecule has 1 unspecified atom stereocenters. The van der Waals surface area contributed by atoms with Crippen LogP contribution in [0.3, 0.4) is 0 Å². The molecule has 0 heterocycles. The van der Waals surface area contributed by atoms with Crippen LogP contribution < -0.4 is 15.2 Å². The fraction of sp³-hybridized carbons (Fsp3) is 0.364. The number of benzene rings is 1. The second-order valence-electron chi connectivity index (χ2n) is 3.23. The highest BCUT2D eigenvalue weighted by molar-refractivity contribution is 5.65. The molecule has 0 fully saturated rings. The highest BCUT2D eigenvalue weighted by Gasteiger charge is 2.11. The van der Waals surface area contributed by atoms with E-state index in [0.29, 0.717) is 11.5 Å². The molecule has 88 valence electrons. The van der Waals surface area contributed by atoms with Gasteiger partial charge in [0.2, 0.25) is 0 Å². The predicted octanol–water partition coefficient (Wildman–Crippen LogP) is 1.86. The van der Waals surface area contributed by atoms with Crippen molar-refractivity contribution in [2.45, 2.75) is 13.0 Å². The lowest BCUT2D eigenvalue weighted by Gasteiger charge is -2.14. The molecule has 0 radical (unpaired) electrons. The van der Waals surface area contributed by atoms with Gasteiger partial charge in [-0.05, 0) is 24.6 Å². The molecular formula is C11H15NO4. The Morgan fingerprint density at radius 2 is 1.69 bits per heavy atom. The maximum atomic E-state index is 10.6. The van der Waals surface area contributed by atoms with Crippen LogP contribution >= 0.6 is 0 Å². The summed E-state index contributed by atoms with van der Waals surface area (Å²) in [6.45, 7) is 1.72. The molecule has 0 aromatic heterocycles. The van der Waals surface area contributed by atoms with Gasteiger partial charge >= 0.3 is 6.09 Å². The molecule has 2 N–H and O–H groups in total. The Bertz CT molecular complexity index is 356. The molecule has 0 spiro atoms. The molecule has 1 amide bonds. The molecule has 5 heteroatoms. The summed E-state index contributed by atoms with van der Waals surface area (Å²) in [7, 11) is 3.11. The first kappa shape index (κ1) is 12.2. The minimum atomic E-state index is -0.811. The summed E-state index contributed by atoms with van der Waals surface area (Å²) in [5.41, 5.74) is 5.71. The lowest BCUT2D eigenvalue weighted by molar-refractivity contribution is 0.116. The van der Waals surface area contributed by atoms with Gasteiger partial charge in [-0.25, -0.2) is 4.79 Å². The maximum absolute atomic E-state index is 10.6. The van der Waals surface area contributed by atoms with Crippen molar-refractivity contribution in [3.63, 3.8) is 0 Å².